The summed E-state index contributed by atoms with van der Waals surface area (Å²) in [5, 5.41) is 12.7. The lowest BCUT2D eigenvalue weighted by Crippen LogP contribution is -2.48. The Kier molecular flexibility index (Phi) is 4.83. The maximum atomic E-state index is 12.0. The number of ether oxygens (including phenoxy) is 1. The van der Waals surface area contributed by atoms with Crippen LogP contribution in [0.3, 0.4) is 0 Å². The molecule has 2 saturated heterocycles. The standard InChI is InChI=1S/C13H24N2O3/c1-2-3-6-18-13(17)15-8-10(9-16)11-4-5-14-7-12(11)15/h10-12,14,16H,2-9H2,1H3. The van der Waals surface area contributed by atoms with Crippen LogP contribution >= 0.6 is 0 Å². The summed E-state index contributed by atoms with van der Waals surface area (Å²) in [6, 6.07) is 0.199. The van der Waals surface area contributed by atoms with Crippen LogP contribution in [0.4, 0.5) is 4.79 Å². The van der Waals surface area contributed by atoms with Crippen LogP contribution in [0.15, 0.2) is 0 Å². The molecule has 0 spiro atoms. The van der Waals surface area contributed by atoms with Crippen LogP contribution in [0, 0.1) is 11.8 Å². The van der Waals surface area contributed by atoms with Crippen LogP contribution in [0.25, 0.3) is 0 Å². The number of fused-ring (bicyclic) bond motifs is 1. The van der Waals surface area contributed by atoms with E-state index in [9.17, 15) is 9.90 Å². The molecule has 0 bridgehead atoms. The summed E-state index contributed by atoms with van der Waals surface area (Å²) in [4.78, 5) is 13.8. The van der Waals surface area contributed by atoms with Crippen molar-refractivity contribution >= 4 is 6.09 Å². The fourth-order valence-electron chi connectivity index (χ4n) is 3.07. The number of amides is 1. The molecular formula is C13H24N2O3. The third-order valence-corrected chi connectivity index (χ3v) is 4.13. The molecule has 0 aromatic carbocycles. The molecule has 104 valence electrons. The van der Waals surface area contributed by atoms with Gasteiger partial charge in [-0.15, -0.1) is 0 Å². The van der Waals surface area contributed by atoms with Crippen molar-refractivity contribution in [3.63, 3.8) is 0 Å². The predicted octanol–water partition coefficient (Wildman–Crippen LogP) is 0.825. The van der Waals surface area contributed by atoms with E-state index in [0.29, 0.717) is 19.1 Å². The molecule has 2 rings (SSSR count). The molecule has 2 aliphatic heterocycles. The van der Waals surface area contributed by atoms with E-state index >= 15 is 0 Å². The van der Waals surface area contributed by atoms with Crippen molar-refractivity contribution in [3.8, 4) is 0 Å². The third kappa shape index (κ3) is 2.78. The van der Waals surface area contributed by atoms with E-state index in [-0.39, 0.29) is 24.7 Å². The van der Waals surface area contributed by atoms with E-state index < -0.39 is 0 Å². The highest BCUT2D eigenvalue weighted by Crippen LogP contribution is 2.34. The number of nitrogens with one attached hydrogen (secondary N) is 1. The predicted molar refractivity (Wildman–Crippen MR) is 68.3 cm³/mol. The first kappa shape index (κ1) is 13.6. The zero-order valence-corrected chi connectivity index (χ0v) is 11.1. The zero-order chi connectivity index (χ0) is 13.0. The second-order valence-electron chi connectivity index (χ2n) is 5.29. The summed E-state index contributed by atoms with van der Waals surface area (Å²) in [5.74, 6) is 0.644. The Balaban J connectivity index is 1.93. The van der Waals surface area contributed by atoms with Crippen molar-refractivity contribution in [2.24, 2.45) is 11.8 Å². The minimum Gasteiger partial charge on any atom is -0.449 e. The number of piperidine rings is 1. The van der Waals surface area contributed by atoms with E-state index in [4.69, 9.17) is 4.74 Å². The van der Waals surface area contributed by atoms with E-state index in [1.54, 1.807) is 0 Å². The van der Waals surface area contributed by atoms with Gasteiger partial charge in [0, 0.05) is 25.6 Å². The van der Waals surface area contributed by atoms with Crippen LogP contribution in [0.5, 0.6) is 0 Å². The quantitative estimate of drug-likeness (QED) is 0.731. The number of hydrogen-bond donors (Lipinski definition) is 2. The van der Waals surface area contributed by atoms with Gasteiger partial charge in [-0.25, -0.2) is 4.79 Å². The number of rotatable bonds is 4. The molecule has 2 heterocycles. The molecule has 0 saturated carbocycles. The molecule has 18 heavy (non-hydrogen) atoms. The van der Waals surface area contributed by atoms with Crippen molar-refractivity contribution in [2.45, 2.75) is 32.2 Å². The number of carbonyl (C=O) groups is 1. The number of aliphatic hydroxyl groups is 1. The van der Waals surface area contributed by atoms with Crippen molar-refractivity contribution < 1.29 is 14.6 Å². The second kappa shape index (κ2) is 6.38. The number of aliphatic hydroxyl groups excluding tert-OH is 1. The first-order chi connectivity index (χ1) is 8.77. The lowest BCUT2D eigenvalue weighted by Gasteiger charge is -2.32. The van der Waals surface area contributed by atoms with E-state index in [1.165, 1.54) is 0 Å². The molecule has 0 aromatic rings. The van der Waals surface area contributed by atoms with Gasteiger partial charge in [-0.05, 0) is 25.3 Å². The highest BCUT2D eigenvalue weighted by molar-refractivity contribution is 5.68. The Morgan fingerprint density at radius 1 is 1.56 bits per heavy atom. The Morgan fingerprint density at radius 3 is 3.11 bits per heavy atom. The summed E-state index contributed by atoms with van der Waals surface area (Å²) in [6.45, 7) is 5.19. The normalized spacial score (nSPS) is 31.2. The van der Waals surface area contributed by atoms with E-state index in [0.717, 1.165) is 32.4 Å². The molecule has 5 nitrogen and oxygen atoms in total. The average Bonchev–Trinajstić information content (AvgIpc) is 2.78. The largest absolute Gasteiger partial charge is 0.449 e. The third-order valence-electron chi connectivity index (χ3n) is 4.13. The zero-order valence-electron chi connectivity index (χ0n) is 11.1. The van der Waals surface area contributed by atoms with Gasteiger partial charge in [-0.1, -0.05) is 13.3 Å². The van der Waals surface area contributed by atoms with Crippen LogP contribution in [0.1, 0.15) is 26.2 Å². The first-order valence-electron chi connectivity index (χ1n) is 7.03. The molecule has 2 fully saturated rings. The van der Waals surface area contributed by atoms with Gasteiger partial charge in [0.25, 0.3) is 0 Å². The smallest absolute Gasteiger partial charge is 0.410 e. The second-order valence-corrected chi connectivity index (χ2v) is 5.29. The monoisotopic (exact) mass is 256 g/mol. The van der Waals surface area contributed by atoms with Gasteiger partial charge in [0.05, 0.1) is 12.6 Å². The minimum atomic E-state index is -0.210. The summed E-state index contributed by atoms with van der Waals surface area (Å²) in [7, 11) is 0. The molecule has 0 aliphatic carbocycles. The topological polar surface area (TPSA) is 61.8 Å². The van der Waals surface area contributed by atoms with Crippen molar-refractivity contribution in [3.05, 3.63) is 0 Å². The Hall–Kier alpha value is -0.810. The number of hydrogen-bond acceptors (Lipinski definition) is 4. The summed E-state index contributed by atoms with van der Waals surface area (Å²) in [6.07, 6.45) is 2.77. The summed E-state index contributed by atoms with van der Waals surface area (Å²) in [5.41, 5.74) is 0. The molecule has 1 amide bonds. The van der Waals surface area contributed by atoms with E-state index in [1.807, 2.05) is 4.90 Å². The van der Waals surface area contributed by atoms with Gasteiger partial charge in [-0.3, -0.25) is 0 Å². The number of unbranched alkanes of at least 4 members (excludes halogenated alkanes) is 1. The Bertz CT molecular complexity index is 285. The molecule has 0 radical (unpaired) electrons. The minimum absolute atomic E-state index is 0.167. The maximum absolute atomic E-state index is 12.0. The van der Waals surface area contributed by atoms with Crippen LogP contribution < -0.4 is 5.32 Å². The number of likely N-dealkylation sites (tertiary alicyclic amines) is 1. The van der Waals surface area contributed by atoms with Gasteiger partial charge in [0.15, 0.2) is 0 Å². The maximum Gasteiger partial charge on any atom is 0.410 e. The number of nitrogens with zero attached hydrogens (tertiary/aromatic N) is 1. The van der Waals surface area contributed by atoms with Crippen LogP contribution in [-0.2, 0) is 4.74 Å². The molecule has 3 unspecified atom stereocenters. The molecular weight excluding hydrogens is 232 g/mol. The van der Waals surface area contributed by atoms with Gasteiger partial charge in [-0.2, -0.15) is 0 Å². The molecule has 3 atom stereocenters. The molecule has 2 aliphatic rings. The lowest BCUT2D eigenvalue weighted by molar-refractivity contribution is 0.0893. The first-order valence-corrected chi connectivity index (χ1v) is 7.03. The van der Waals surface area contributed by atoms with Gasteiger partial charge >= 0.3 is 6.09 Å². The average molecular weight is 256 g/mol. The van der Waals surface area contributed by atoms with Crippen LogP contribution in [-0.4, -0.2) is 55.0 Å². The molecule has 0 aromatic heterocycles. The highest BCUT2D eigenvalue weighted by atomic mass is 16.6. The summed E-state index contributed by atoms with van der Waals surface area (Å²) >= 11 is 0. The summed E-state index contributed by atoms with van der Waals surface area (Å²) < 4.78 is 5.29. The van der Waals surface area contributed by atoms with Crippen molar-refractivity contribution in [2.75, 3.05) is 32.8 Å². The van der Waals surface area contributed by atoms with Crippen molar-refractivity contribution in [1.82, 2.24) is 10.2 Å². The van der Waals surface area contributed by atoms with Crippen LogP contribution in [0.2, 0.25) is 0 Å². The Morgan fingerprint density at radius 2 is 2.39 bits per heavy atom. The fraction of sp³-hybridized carbons (Fsp3) is 0.923. The van der Waals surface area contributed by atoms with Gasteiger partial charge < -0.3 is 20.1 Å². The van der Waals surface area contributed by atoms with E-state index in [2.05, 4.69) is 12.2 Å². The number of carbonyl (C=O) groups excluding carboxylic acids is 1. The molecule has 5 heteroatoms. The van der Waals surface area contributed by atoms with Gasteiger partial charge in [0.2, 0.25) is 0 Å². The Labute approximate surface area is 108 Å². The van der Waals surface area contributed by atoms with Crippen molar-refractivity contribution in [1.29, 1.82) is 0 Å². The lowest BCUT2D eigenvalue weighted by atomic mass is 9.86. The highest BCUT2D eigenvalue weighted by Gasteiger charge is 2.44. The SMILES string of the molecule is CCCCOC(=O)N1CC(CO)C2CCNCC21. The van der Waals surface area contributed by atoms with Gasteiger partial charge in [0.1, 0.15) is 0 Å². The fourth-order valence-corrected chi connectivity index (χ4v) is 3.07. The molecule has 2 N–H and O–H groups in total.